The molecule has 66 valence electrons. The van der Waals surface area contributed by atoms with Crippen LogP contribution in [0.1, 0.15) is 33.6 Å². The second kappa shape index (κ2) is 4.65. The van der Waals surface area contributed by atoms with E-state index in [1.165, 1.54) is 11.8 Å². The maximum atomic E-state index is 11.0. The largest absolute Gasteiger partial charge is 0.350 e. The predicted octanol–water partition coefficient (Wildman–Crippen LogP) is 2.64. The molecule has 0 bridgehead atoms. The molecule has 11 heavy (non-hydrogen) atoms. The molecule has 0 atom stereocenters. The van der Waals surface area contributed by atoms with Gasteiger partial charge in [-0.05, 0) is 19.8 Å². The zero-order valence-electron chi connectivity index (χ0n) is 7.73. The maximum absolute atomic E-state index is 11.0. The fourth-order valence-corrected chi connectivity index (χ4v) is 1.51. The van der Waals surface area contributed by atoms with Gasteiger partial charge in [-0.25, -0.2) is 0 Å². The van der Waals surface area contributed by atoms with E-state index in [0.29, 0.717) is 0 Å². The molecular weight excluding hydrogens is 158 g/mol. The highest BCUT2D eigenvalue weighted by Gasteiger charge is 2.23. The number of hydrogen-bond acceptors (Lipinski definition) is 2. The third-order valence-electron chi connectivity index (χ3n) is 2.04. The summed E-state index contributed by atoms with van der Waals surface area (Å²) < 4.78 is 0.111. The lowest BCUT2D eigenvalue weighted by atomic mass is 10.1. The van der Waals surface area contributed by atoms with E-state index in [1.54, 1.807) is 7.05 Å². The van der Waals surface area contributed by atoms with Crippen LogP contribution in [-0.2, 0) is 0 Å². The van der Waals surface area contributed by atoms with Crippen LogP contribution in [0, 0.1) is 0 Å². The van der Waals surface area contributed by atoms with Crippen LogP contribution in [0.15, 0.2) is 0 Å². The molecule has 0 radical (unpaired) electrons. The van der Waals surface area contributed by atoms with Crippen molar-refractivity contribution in [2.75, 3.05) is 7.05 Å². The summed E-state index contributed by atoms with van der Waals surface area (Å²) in [5.41, 5.74) is 0. The second-order valence-corrected chi connectivity index (χ2v) is 4.36. The van der Waals surface area contributed by atoms with Gasteiger partial charge in [0.25, 0.3) is 5.24 Å². The van der Waals surface area contributed by atoms with Crippen LogP contribution in [0.2, 0.25) is 0 Å². The van der Waals surface area contributed by atoms with Crippen LogP contribution < -0.4 is 5.32 Å². The molecule has 0 heterocycles. The molecule has 0 unspecified atom stereocenters. The minimum atomic E-state index is 0.0659. The summed E-state index contributed by atoms with van der Waals surface area (Å²) in [6.07, 6.45) is 2.06. The van der Waals surface area contributed by atoms with Crippen LogP contribution in [0.3, 0.4) is 0 Å². The van der Waals surface area contributed by atoms with Gasteiger partial charge in [0.1, 0.15) is 0 Å². The molecule has 0 aliphatic heterocycles. The lowest BCUT2D eigenvalue weighted by molar-refractivity contribution is 0.262. The monoisotopic (exact) mass is 175 g/mol. The van der Waals surface area contributed by atoms with Gasteiger partial charge >= 0.3 is 0 Å². The number of nitrogens with one attached hydrogen (secondary N) is 1. The van der Waals surface area contributed by atoms with Crippen molar-refractivity contribution in [1.29, 1.82) is 0 Å². The van der Waals surface area contributed by atoms with Gasteiger partial charge in [-0.2, -0.15) is 0 Å². The fourth-order valence-electron chi connectivity index (χ4n) is 0.669. The highest BCUT2D eigenvalue weighted by molar-refractivity contribution is 8.14. The van der Waals surface area contributed by atoms with Crippen molar-refractivity contribution >= 4 is 17.0 Å². The zero-order chi connectivity index (χ0) is 8.91. The Morgan fingerprint density at radius 2 is 1.91 bits per heavy atom. The first-order valence-electron chi connectivity index (χ1n) is 3.98. The summed E-state index contributed by atoms with van der Waals surface area (Å²) in [6, 6.07) is 0. The molecule has 0 aromatic carbocycles. The van der Waals surface area contributed by atoms with Gasteiger partial charge < -0.3 is 5.32 Å². The smallest absolute Gasteiger partial charge is 0.279 e. The Hall–Kier alpha value is -0.180. The summed E-state index contributed by atoms with van der Waals surface area (Å²) in [6.45, 7) is 6.34. The summed E-state index contributed by atoms with van der Waals surface area (Å²) in [5.74, 6) is 0. The quantitative estimate of drug-likeness (QED) is 0.714. The third-order valence-corrected chi connectivity index (χ3v) is 3.50. The molecule has 0 aliphatic rings. The average Bonchev–Trinajstić information content (AvgIpc) is 2.04. The molecular formula is C8H17NOS. The molecule has 0 fully saturated rings. The van der Waals surface area contributed by atoms with E-state index in [1.807, 2.05) is 0 Å². The number of hydrogen-bond donors (Lipinski definition) is 1. The van der Waals surface area contributed by atoms with Gasteiger partial charge in [0.15, 0.2) is 0 Å². The first-order chi connectivity index (χ1) is 5.08. The van der Waals surface area contributed by atoms with Gasteiger partial charge in [-0.1, -0.05) is 25.6 Å². The van der Waals surface area contributed by atoms with E-state index in [4.69, 9.17) is 0 Å². The summed E-state index contributed by atoms with van der Waals surface area (Å²) in [7, 11) is 1.67. The predicted molar refractivity (Wildman–Crippen MR) is 51.0 cm³/mol. The molecule has 0 rings (SSSR count). The van der Waals surface area contributed by atoms with Gasteiger partial charge in [-0.15, -0.1) is 0 Å². The lowest BCUT2D eigenvalue weighted by Crippen LogP contribution is -2.24. The van der Waals surface area contributed by atoms with E-state index >= 15 is 0 Å². The normalized spacial score (nSPS) is 11.3. The standard InChI is InChI=1S/C8H17NOS/c1-5-8(3,6-2)11-7(10)9-4/h5-6H2,1-4H3,(H,9,10). The number of carbonyl (C=O) groups is 1. The zero-order valence-corrected chi connectivity index (χ0v) is 8.55. The first kappa shape index (κ1) is 10.8. The highest BCUT2D eigenvalue weighted by Crippen LogP contribution is 2.31. The average molecular weight is 175 g/mol. The van der Waals surface area contributed by atoms with E-state index in [2.05, 4.69) is 26.1 Å². The summed E-state index contributed by atoms with van der Waals surface area (Å²) >= 11 is 1.40. The van der Waals surface area contributed by atoms with E-state index in [0.717, 1.165) is 12.8 Å². The molecule has 0 saturated heterocycles. The number of amides is 1. The molecule has 3 heteroatoms. The summed E-state index contributed by atoms with van der Waals surface area (Å²) in [4.78, 5) is 11.0. The van der Waals surface area contributed by atoms with Crippen molar-refractivity contribution in [2.24, 2.45) is 0 Å². The van der Waals surface area contributed by atoms with Crippen LogP contribution in [0.5, 0.6) is 0 Å². The van der Waals surface area contributed by atoms with Crippen LogP contribution in [0.4, 0.5) is 4.79 Å². The van der Waals surface area contributed by atoms with Crippen molar-refractivity contribution in [1.82, 2.24) is 5.32 Å². The highest BCUT2D eigenvalue weighted by atomic mass is 32.2. The molecule has 0 saturated carbocycles. The van der Waals surface area contributed by atoms with Crippen molar-refractivity contribution in [3.8, 4) is 0 Å². The number of rotatable bonds is 3. The molecule has 0 aromatic heterocycles. The molecule has 0 aromatic rings. The number of thioether (sulfide) groups is 1. The fraction of sp³-hybridized carbons (Fsp3) is 0.875. The Morgan fingerprint density at radius 3 is 2.18 bits per heavy atom. The van der Waals surface area contributed by atoms with Crippen molar-refractivity contribution in [3.63, 3.8) is 0 Å². The van der Waals surface area contributed by atoms with Gasteiger partial charge in [0, 0.05) is 11.8 Å². The topological polar surface area (TPSA) is 29.1 Å². The van der Waals surface area contributed by atoms with Gasteiger partial charge in [0.05, 0.1) is 0 Å². The van der Waals surface area contributed by atoms with Crippen LogP contribution in [0.25, 0.3) is 0 Å². The van der Waals surface area contributed by atoms with Gasteiger partial charge in [0.2, 0.25) is 0 Å². The van der Waals surface area contributed by atoms with Crippen molar-refractivity contribution in [2.45, 2.75) is 38.4 Å². The Bertz CT molecular complexity index is 132. The Kier molecular flexibility index (Phi) is 4.57. The van der Waals surface area contributed by atoms with Crippen molar-refractivity contribution < 1.29 is 4.79 Å². The lowest BCUT2D eigenvalue weighted by Gasteiger charge is -2.24. The van der Waals surface area contributed by atoms with Crippen LogP contribution >= 0.6 is 11.8 Å². The Labute approximate surface area is 73.1 Å². The van der Waals surface area contributed by atoms with E-state index < -0.39 is 0 Å². The van der Waals surface area contributed by atoms with E-state index in [-0.39, 0.29) is 9.99 Å². The molecule has 1 amide bonds. The molecule has 0 spiro atoms. The Balaban J connectivity index is 3.96. The Morgan fingerprint density at radius 1 is 1.45 bits per heavy atom. The molecule has 1 N–H and O–H groups in total. The van der Waals surface area contributed by atoms with Gasteiger partial charge in [-0.3, -0.25) is 4.79 Å². The third kappa shape index (κ3) is 3.65. The SMILES string of the molecule is CCC(C)(CC)SC(=O)NC. The van der Waals surface area contributed by atoms with E-state index in [9.17, 15) is 4.79 Å². The van der Waals surface area contributed by atoms with Crippen molar-refractivity contribution in [3.05, 3.63) is 0 Å². The minimum absolute atomic E-state index is 0.0659. The number of carbonyl (C=O) groups excluding carboxylic acids is 1. The molecule has 0 aliphatic carbocycles. The molecule has 2 nitrogen and oxygen atoms in total. The van der Waals surface area contributed by atoms with Crippen LogP contribution in [-0.4, -0.2) is 17.0 Å². The first-order valence-corrected chi connectivity index (χ1v) is 4.80. The maximum Gasteiger partial charge on any atom is 0.279 e. The second-order valence-electron chi connectivity index (χ2n) is 2.80. The minimum Gasteiger partial charge on any atom is -0.350 e. The summed E-state index contributed by atoms with van der Waals surface area (Å²) in [5, 5.41) is 2.68.